The van der Waals surface area contributed by atoms with Crippen molar-refractivity contribution in [1.29, 1.82) is 0 Å². The van der Waals surface area contributed by atoms with Crippen molar-refractivity contribution < 1.29 is 8.42 Å². The first-order valence-corrected chi connectivity index (χ1v) is 11.0. The fourth-order valence-corrected chi connectivity index (χ4v) is 4.88. The average Bonchev–Trinajstić information content (AvgIpc) is 2.97. The first-order chi connectivity index (χ1) is 11.4. The molecule has 1 aromatic heterocycles. The highest BCUT2D eigenvalue weighted by atomic mass is 32.2. The summed E-state index contributed by atoms with van der Waals surface area (Å²) in [7, 11) is -3.59. The van der Waals surface area contributed by atoms with E-state index >= 15 is 0 Å². The van der Waals surface area contributed by atoms with Gasteiger partial charge in [-0.1, -0.05) is 37.7 Å². The van der Waals surface area contributed by atoms with Crippen molar-refractivity contribution in [2.24, 2.45) is 0 Å². The van der Waals surface area contributed by atoms with Crippen LogP contribution in [0, 0.1) is 0 Å². The summed E-state index contributed by atoms with van der Waals surface area (Å²) in [6.45, 7) is 4.16. The zero-order valence-corrected chi connectivity index (χ0v) is 16.1. The Morgan fingerprint density at radius 2 is 1.83 bits per heavy atom. The van der Waals surface area contributed by atoms with Gasteiger partial charge in [0.2, 0.25) is 0 Å². The molecule has 0 radical (unpaired) electrons. The number of benzene rings is 2. The van der Waals surface area contributed by atoms with Crippen molar-refractivity contribution in [3.63, 3.8) is 0 Å². The Balaban J connectivity index is 1.88. The van der Waals surface area contributed by atoms with Crippen LogP contribution < -0.4 is 4.72 Å². The normalized spacial score (nSPS) is 12.0. The summed E-state index contributed by atoms with van der Waals surface area (Å²) in [4.78, 5) is 4.72. The molecule has 0 aliphatic rings. The third kappa shape index (κ3) is 3.58. The van der Waals surface area contributed by atoms with Crippen molar-refractivity contribution in [2.45, 2.75) is 29.0 Å². The average molecular weight is 379 g/mol. The lowest BCUT2D eigenvalue weighted by Crippen LogP contribution is -2.12. The number of rotatable bonds is 5. The number of thioether (sulfide) groups is 1. The zero-order chi connectivity index (χ0) is 17.3. The second-order valence-electron chi connectivity index (χ2n) is 5.70. The molecule has 7 heteroatoms. The smallest absolute Gasteiger partial charge is 0.261 e. The van der Waals surface area contributed by atoms with Gasteiger partial charge >= 0.3 is 0 Å². The molecule has 0 fully saturated rings. The number of sulfonamides is 1. The van der Waals surface area contributed by atoms with Gasteiger partial charge in [-0.05, 0) is 48.1 Å². The molecule has 3 rings (SSSR count). The fourth-order valence-electron chi connectivity index (χ4n) is 2.30. The predicted octanol–water partition coefficient (Wildman–Crippen LogP) is 4.94. The van der Waals surface area contributed by atoms with Crippen LogP contribution in [-0.4, -0.2) is 19.7 Å². The summed E-state index contributed by atoms with van der Waals surface area (Å²) in [5.41, 5.74) is 2.55. The summed E-state index contributed by atoms with van der Waals surface area (Å²) in [6.07, 6.45) is 1.97. The van der Waals surface area contributed by atoms with E-state index in [9.17, 15) is 8.42 Å². The van der Waals surface area contributed by atoms with E-state index in [2.05, 4.69) is 23.6 Å². The molecule has 1 N–H and O–H groups in total. The van der Waals surface area contributed by atoms with Crippen LogP contribution in [0.4, 0.5) is 5.69 Å². The minimum Gasteiger partial charge on any atom is -0.280 e. The quantitative estimate of drug-likeness (QED) is 0.639. The van der Waals surface area contributed by atoms with Gasteiger partial charge in [0.15, 0.2) is 4.34 Å². The van der Waals surface area contributed by atoms with Crippen LogP contribution in [0.2, 0.25) is 0 Å². The SMILES string of the molecule is CSc1nc2ccc(NS(=O)(=O)c3ccc(C(C)C)cc3)cc2s1. The van der Waals surface area contributed by atoms with Crippen molar-refractivity contribution in [2.75, 3.05) is 11.0 Å². The number of nitrogens with zero attached hydrogens (tertiary/aromatic N) is 1. The maximum atomic E-state index is 12.6. The predicted molar refractivity (Wildman–Crippen MR) is 103 cm³/mol. The second-order valence-corrected chi connectivity index (χ2v) is 9.46. The number of hydrogen-bond donors (Lipinski definition) is 1. The number of hydrogen-bond acceptors (Lipinski definition) is 5. The Labute approximate surface area is 150 Å². The van der Waals surface area contributed by atoms with Gasteiger partial charge in [0, 0.05) is 0 Å². The standard InChI is InChI=1S/C17H18N2O2S3/c1-11(2)12-4-7-14(8-5-12)24(20,21)19-13-6-9-15-16(10-13)23-17(18-15)22-3/h4-11,19H,1-3H3. The number of thiazole rings is 1. The molecule has 3 aromatic rings. The molecule has 0 saturated carbocycles. The van der Waals surface area contributed by atoms with Crippen molar-refractivity contribution in [1.82, 2.24) is 4.98 Å². The lowest BCUT2D eigenvalue weighted by molar-refractivity contribution is 0.601. The summed E-state index contributed by atoms with van der Waals surface area (Å²) in [5.74, 6) is 0.370. The van der Waals surface area contributed by atoms with E-state index < -0.39 is 10.0 Å². The molecule has 0 aliphatic heterocycles. The third-order valence-electron chi connectivity index (χ3n) is 3.65. The molecule has 0 aliphatic carbocycles. The number of anilines is 1. The minimum absolute atomic E-state index is 0.265. The Morgan fingerprint density at radius 3 is 2.46 bits per heavy atom. The van der Waals surface area contributed by atoms with Gasteiger partial charge in [0.1, 0.15) is 0 Å². The monoisotopic (exact) mass is 378 g/mol. The number of nitrogens with one attached hydrogen (secondary N) is 1. The van der Waals surface area contributed by atoms with E-state index in [0.29, 0.717) is 11.6 Å². The molecule has 0 saturated heterocycles. The molecule has 0 spiro atoms. The lowest BCUT2D eigenvalue weighted by atomic mass is 10.0. The van der Waals surface area contributed by atoms with E-state index in [1.807, 2.05) is 30.5 Å². The molecule has 24 heavy (non-hydrogen) atoms. The van der Waals surface area contributed by atoms with Gasteiger partial charge < -0.3 is 0 Å². The fraction of sp³-hybridized carbons (Fsp3) is 0.235. The molecular formula is C17H18N2O2S3. The van der Waals surface area contributed by atoms with Crippen LogP contribution in [0.25, 0.3) is 10.2 Å². The third-order valence-corrected chi connectivity index (χ3v) is 7.05. The maximum Gasteiger partial charge on any atom is 0.261 e. The molecule has 2 aromatic carbocycles. The highest BCUT2D eigenvalue weighted by molar-refractivity contribution is 8.00. The van der Waals surface area contributed by atoms with Crippen molar-refractivity contribution >= 4 is 49.0 Å². The zero-order valence-electron chi connectivity index (χ0n) is 13.6. The van der Waals surface area contributed by atoms with Crippen LogP contribution in [0.1, 0.15) is 25.3 Å². The van der Waals surface area contributed by atoms with Crippen LogP contribution in [0.5, 0.6) is 0 Å². The summed E-state index contributed by atoms with van der Waals surface area (Å²) in [5, 5.41) is 0. The van der Waals surface area contributed by atoms with Crippen LogP contribution in [-0.2, 0) is 10.0 Å². The van der Waals surface area contributed by atoms with Crippen LogP contribution >= 0.6 is 23.1 Å². The molecule has 4 nitrogen and oxygen atoms in total. The van der Waals surface area contributed by atoms with E-state index in [1.54, 1.807) is 41.3 Å². The molecule has 0 unspecified atom stereocenters. The summed E-state index contributed by atoms with van der Waals surface area (Å²) in [6, 6.07) is 12.4. The second kappa shape index (κ2) is 6.74. The van der Waals surface area contributed by atoms with Gasteiger partial charge in [-0.25, -0.2) is 13.4 Å². The largest absolute Gasteiger partial charge is 0.280 e. The van der Waals surface area contributed by atoms with E-state index in [0.717, 1.165) is 20.1 Å². The lowest BCUT2D eigenvalue weighted by Gasteiger charge is -2.10. The number of aromatic nitrogens is 1. The topological polar surface area (TPSA) is 59.1 Å². The van der Waals surface area contributed by atoms with Gasteiger partial charge in [-0.15, -0.1) is 11.3 Å². The summed E-state index contributed by atoms with van der Waals surface area (Å²) >= 11 is 3.14. The Morgan fingerprint density at radius 1 is 1.12 bits per heavy atom. The first kappa shape index (κ1) is 17.3. The maximum absolute atomic E-state index is 12.6. The van der Waals surface area contributed by atoms with E-state index in [4.69, 9.17) is 0 Å². The van der Waals surface area contributed by atoms with E-state index in [-0.39, 0.29) is 4.90 Å². The first-order valence-electron chi connectivity index (χ1n) is 7.46. The number of fused-ring (bicyclic) bond motifs is 1. The molecule has 0 atom stereocenters. The van der Waals surface area contributed by atoms with Gasteiger partial charge in [0.05, 0.1) is 20.8 Å². The molecular weight excluding hydrogens is 360 g/mol. The van der Waals surface area contributed by atoms with Crippen molar-refractivity contribution in [3.05, 3.63) is 48.0 Å². The Kier molecular flexibility index (Phi) is 4.85. The highest BCUT2D eigenvalue weighted by Gasteiger charge is 2.15. The van der Waals surface area contributed by atoms with Gasteiger partial charge in [-0.3, -0.25) is 4.72 Å². The summed E-state index contributed by atoms with van der Waals surface area (Å²) < 4.78 is 29.7. The Hall–Kier alpha value is -1.57. The molecule has 0 bridgehead atoms. The van der Waals surface area contributed by atoms with Crippen LogP contribution in [0.15, 0.2) is 51.7 Å². The highest BCUT2D eigenvalue weighted by Crippen LogP contribution is 2.30. The minimum atomic E-state index is -3.59. The van der Waals surface area contributed by atoms with Gasteiger partial charge in [0.25, 0.3) is 10.0 Å². The van der Waals surface area contributed by atoms with E-state index in [1.165, 1.54) is 0 Å². The molecule has 1 heterocycles. The molecule has 126 valence electrons. The molecule has 0 amide bonds. The van der Waals surface area contributed by atoms with Gasteiger partial charge in [-0.2, -0.15) is 0 Å². The van der Waals surface area contributed by atoms with Crippen LogP contribution in [0.3, 0.4) is 0 Å². The Bertz CT molecular complexity index is 961. The van der Waals surface area contributed by atoms with Crippen molar-refractivity contribution in [3.8, 4) is 0 Å².